The molecule has 1 aliphatic heterocycles. The summed E-state index contributed by atoms with van der Waals surface area (Å²) >= 11 is 0. The first kappa shape index (κ1) is 15.4. The van der Waals surface area contributed by atoms with Crippen molar-refractivity contribution in [1.82, 2.24) is 14.7 Å². The Morgan fingerprint density at radius 3 is 2.79 bits per heavy atom. The third-order valence-electron chi connectivity index (χ3n) is 5.69. The van der Waals surface area contributed by atoms with Gasteiger partial charge in [0, 0.05) is 18.5 Å². The van der Waals surface area contributed by atoms with E-state index in [-0.39, 0.29) is 18.0 Å². The molecule has 5 nitrogen and oxygen atoms in total. The maximum absolute atomic E-state index is 12.7. The molecule has 1 amide bonds. The highest BCUT2D eigenvalue weighted by atomic mass is 16.2. The van der Waals surface area contributed by atoms with Gasteiger partial charge in [0.25, 0.3) is 5.56 Å². The molecule has 0 N–H and O–H groups in total. The average molecular weight is 325 g/mol. The van der Waals surface area contributed by atoms with E-state index in [1.54, 1.807) is 12.3 Å². The number of nitrogens with zero attached hydrogens (tertiary/aromatic N) is 3. The number of rotatable bonds is 2. The first-order chi connectivity index (χ1) is 11.7. The molecule has 0 bridgehead atoms. The molecule has 1 saturated heterocycles. The fraction of sp³-hybridized carbons (Fsp3) is 0.526. The monoisotopic (exact) mass is 325 g/mol. The molecule has 2 fully saturated rings. The summed E-state index contributed by atoms with van der Waals surface area (Å²) in [5, 5.41) is 5.61. The molecule has 24 heavy (non-hydrogen) atoms. The number of aromatic nitrogens is 2. The van der Waals surface area contributed by atoms with E-state index >= 15 is 0 Å². The Kier molecular flexibility index (Phi) is 4.08. The molecule has 1 aromatic heterocycles. The molecule has 0 spiro atoms. The van der Waals surface area contributed by atoms with Gasteiger partial charge in [-0.15, -0.1) is 0 Å². The predicted molar refractivity (Wildman–Crippen MR) is 92.6 cm³/mol. The van der Waals surface area contributed by atoms with Crippen molar-refractivity contribution in [3.63, 3.8) is 0 Å². The Morgan fingerprint density at radius 2 is 1.92 bits per heavy atom. The summed E-state index contributed by atoms with van der Waals surface area (Å²) in [6, 6.07) is 7.37. The summed E-state index contributed by atoms with van der Waals surface area (Å²) in [5.41, 5.74) is -0.186. The quantitative estimate of drug-likeness (QED) is 0.852. The van der Waals surface area contributed by atoms with E-state index in [0.29, 0.717) is 11.3 Å². The number of amides is 1. The highest BCUT2D eigenvalue weighted by Crippen LogP contribution is 2.36. The number of fused-ring (bicyclic) bond motifs is 2. The van der Waals surface area contributed by atoms with E-state index in [2.05, 4.69) is 5.10 Å². The molecule has 1 saturated carbocycles. The van der Waals surface area contributed by atoms with Crippen molar-refractivity contribution in [2.24, 2.45) is 11.8 Å². The molecule has 0 radical (unpaired) electrons. The van der Waals surface area contributed by atoms with Crippen LogP contribution >= 0.6 is 0 Å². The number of carbonyl (C=O) groups is 1. The van der Waals surface area contributed by atoms with Crippen LogP contribution in [0, 0.1) is 11.8 Å². The topological polar surface area (TPSA) is 55.2 Å². The molecule has 126 valence electrons. The Labute approximate surface area is 141 Å². The highest BCUT2D eigenvalue weighted by molar-refractivity contribution is 5.81. The van der Waals surface area contributed by atoms with E-state index in [9.17, 15) is 9.59 Å². The maximum Gasteiger partial charge on any atom is 0.275 e. The van der Waals surface area contributed by atoms with Crippen LogP contribution in [0.25, 0.3) is 10.8 Å². The zero-order chi connectivity index (χ0) is 16.5. The second-order valence-corrected chi connectivity index (χ2v) is 7.13. The van der Waals surface area contributed by atoms with Gasteiger partial charge >= 0.3 is 0 Å². The molecule has 1 aliphatic carbocycles. The van der Waals surface area contributed by atoms with Crippen molar-refractivity contribution >= 4 is 16.7 Å². The van der Waals surface area contributed by atoms with Crippen molar-refractivity contribution < 1.29 is 4.79 Å². The van der Waals surface area contributed by atoms with Crippen molar-refractivity contribution in [2.75, 3.05) is 13.1 Å². The van der Waals surface area contributed by atoms with Crippen LogP contribution < -0.4 is 5.56 Å². The minimum atomic E-state index is -0.186. The zero-order valence-electron chi connectivity index (χ0n) is 13.9. The lowest BCUT2D eigenvalue weighted by Crippen LogP contribution is -2.46. The van der Waals surface area contributed by atoms with Gasteiger partial charge in [-0.05, 0) is 30.7 Å². The Bertz CT molecular complexity index is 814. The lowest BCUT2D eigenvalue weighted by Gasteiger charge is -2.41. The minimum absolute atomic E-state index is 0.0175. The van der Waals surface area contributed by atoms with Crippen LogP contribution in [0.15, 0.2) is 35.3 Å². The summed E-state index contributed by atoms with van der Waals surface area (Å²) in [5.74, 6) is 1.46. The summed E-state index contributed by atoms with van der Waals surface area (Å²) in [6.07, 6.45) is 7.95. The van der Waals surface area contributed by atoms with Gasteiger partial charge in [-0.2, -0.15) is 5.10 Å². The number of likely N-dealkylation sites (tertiary alicyclic amines) is 1. The van der Waals surface area contributed by atoms with E-state index in [0.717, 1.165) is 30.8 Å². The molecular weight excluding hydrogens is 302 g/mol. The number of hydrogen-bond acceptors (Lipinski definition) is 3. The lowest BCUT2D eigenvalue weighted by molar-refractivity contribution is -0.135. The molecule has 2 unspecified atom stereocenters. The summed E-state index contributed by atoms with van der Waals surface area (Å²) in [6.45, 7) is 1.72. The Balaban J connectivity index is 1.50. The van der Waals surface area contributed by atoms with Gasteiger partial charge in [-0.1, -0.05) is 37.5 Å². The normalized spacial score (nSPS) is 23.9. The van der Waals surface area contributed by atoms with E-state index in [1.807, 2.05) is 23.1 Å². The fourth-order valence-corrected chi connectivity index (χ4v) is 4.30. The minimum Gasteiger partial charge on any atom is -0.341 e. The van der Waals surface area contributed by atoms with Crippen LogP contribution in [0.3, 0.4) is 0 Å². The maximum atomic E-state index is 12.7. The van der Waals surface area contributed by atoms with E-state index in [4.69, 9.17) is 0 Å². The second kappa shape index (κ2) is 6.38. The van der Waals surface area contributed by atoms with Gasteiger partial charge in [0.15, 0.2) is 0 Å². The fourth-order valence-electron chi connectivity index (χ4n) is 4.30. The van der Waals surface area contributed by atoms with Crippen molar-refractivity contribution in [3.05, 3.63) is 40.8 Å². The number of benzene rings is 1. The van der Waals surface area contributed by atoms with Crippen LogP contribution in [0.4, 0.5) is 0 Å². The first-order valence-electron chi connectivity index (χ1n) is 8.95. The van der Waals surface area contributed by atoms with Crippen LogP contribution in [0.2, 0.25) is 0 Å². The highest BCUT2D eigenvalue weighted by Gasteiger charge is 2.32. The number of carbonyl (C=O) groups excluding carboxylic acids is 1. The Hall–Kier alpha value is -2.17. The molecule has 4 rings (SSSR count). The van der Waals surface area contributed by atoms with Gasteiger partial charge in [-0.25, -0.2) is 4.68 Å². The van der Waals surface area contributed by atoms with E-state index < -0.39 is 0 Å². The largest absolute Gasteiger partial charge is 0.341 e. The molecule has 1 aromatic carbocycles. The van der Waals surface area contributed by atoms with Crippen molar-refractivity contribution in [1.29, 1.82) is 0 Å². The van der Waals surface area contributed by atoms with Crippen LogP contribution in [0.1, 0.15) is 32.1 Å². The summed E-state index contributed by atoms with van der Waals surface area (Å²) < 4.78 is 1.30. The SMILES string of the molecule is O=C(Cn1ncc2ccccc2c1=O)N1CCC2CCCCC2C1. The lowest BCUT2D eigenvalue weighted by atomic mass is 9.75. The van der Waals surface area contributed by atoms with Gasteiger partial charge in [0.2, 0.25) is 5.91 Å². The van der Waals surface area contributed by atoms with Gasteiger partial charge < -0.3 is 4.90 Å². The summed E-state index contributed by atoms with van der Waals surface area (Å²) in [4.78, 5) is 27.1. The van der Waals surface area contributed by atoms with Crippen LogP contribution in [0.5, 0.6) is 0 Å². The van der Waals surface area contributed by atoms with E-state index in [1.165, 1.54) is 30.4 Å². The van der Waals surface area contributed by atoms with Gasteiger partial charge in [-0.3, -0.25) is 9.59 Å². The second-order valence-electron chi connectivity index (χ2n) is 7.13. The van der Waals surface area contributed by atoms with Crippen molar-refractivity contribution in [3.8, 4) is 0 Å². The number of hydrogen-bond donors (Lipinski definition) is 0. The molecule has 2 heterocycles. The first-order valence-corrected chi connectivity index (χ1v) is 8.95. The zero-order valence-corrected chi connectivity index (χ0v) is 13.9. The number of piperidine rings is 1. The molecule has 2 aromatic rings. The van der Waals surface area contributed by atoms with Crippen molar-refractivity contribution in [2.45, 2.75) is 38.6 Å². The van der Waals surface area contributed by atoms with Gasteiger partial charge in [0.1, 0.15) is 6.54 Å². The Morgan fingerprint density at radius 1 is 1.12 bits per heavy atom. The third-order valence-corrected chi connectivity index (χ3v) is 5.69. The molecule has 2 aliphatic rings. The van der Waals surface area contributed by atoms with Crippen LogP contribution in [-0.2, 0) is 11.3 Å². The average Bonchev–Trinajstić information content (AvgIpc) is 2.64. The molecule has 2 atom stereocenters. The smallest absolute Gasteiger partial charge is 0.275 e. The predicted octanol–water partition coefficient (Wildman–Crippen LogP) is 2.44. The molecule has 5 heteroatoms. The molecular formula is C19H23N3O2. The standard InChI is InChI=1S/C19H23N3O2/c23-18(21-10-9-14-5-1-2-7-16(14)12-21)13-22-19(24)17-8-4-3-6-15(17)11-20-22/h3-4,6,8,11,14,16H,1-2,5,7,9-10,12-13H2. The summed E-state index contributed by atoms with van der Waals surface area (Å²) in [7, 11) is 0. The van der Waals surface area contributed by atoms with Crippen LogP contribution in [-0.4, -0.2) is 33.7 Å². The van der Waals surface area contributed by atoms with Gasteiger partial charge in [0.05, 0.1) is 11.6 Å². The third kappa shape index (κ3) is 2.83.